The Morgan fingerprint density at radius 1 is 1.56 bits per heavy atom. The van der Waals surface area contributed by atoms with Crippen molar-refractivity contribution >= 4 is 0 Å². The Balaban J connectivity index is 2.18. The van der Waals surface area contributed by atoms with E-state index in [0.29, 0.717) is 31.5 Å². The van der Waals surface area contributed by atoms with Gasteiger partial charge < -0.3 is 19.9 Å². The highest BCUT2D eigenvalue weighted by molar-refractivity contribution is 5.11. The Labute approximate surface area is 94.7 Å². The van der Waals surface area contributed by atoms with Gasteiger partial charge in [0, 0.05) is 6.04 Å². The van der Waals surface area contributed by atoms with Crippen molar-refractivity contribution in [1.29, 1.82) is 0 Å². The van der Waals surface area contributed by atoms with Gasteiger partial charge in [0.1, 0.15) is 0 Å². The van der Waals surface area contributed by atoms with Gasteiger partial charge in [0.25, 0.3) is 0 Å². The van der Waals surface area contributed by atoms with E-state index in [-0.39, 0.29) is 11.5 Å². The van der Waals surface area contributed by atoms with Crippen LogP contribution in [0.3, 0.4) is 0 Å². The summed E-state index contributed by atoms with van der Waals surface area (Å²) in [5.41, 5.74) is 5.64. The van der Waals surface area contributed by atoms with Crippen LogP contribution in [0.1, 0.15) is 18.6 Å². The molecule has 1 aromatic heterocycles. The largest absolute Gasteiger partial charge is 0.379 e. The maximum absolute atomic E-state index is 5.99. The van der Waals surface area contributed by atoms with Gasteiger partial charge in [-0.2, -0.15) is 4.98 Å². The molecule has 1 fully saturated rings. The second-order valence-corrected chi connectivity index (χ2v) is 4.79. The number of hydrogen-bond acceptors (Lipinski definition) is 6. The second-order valence-electron chi connectivity index (χ2n) is 4.79. The van der Waals surface area contributed by atoms with Crippen LogP contribution in [0.15, 0.2) is 4.52 Å². The van der Waals surface area contributed by atoms with Crippen LogP contribution >= 0.6 is 0 Å². The Morgan fingerprint density at radius 2 is 2.31 bits per heavy atom. The maximum Gasteiger partial charge on any atom is 0.236 e. The summed E-state index contributed by atoms with van der Waals surface area (Å²) < 4.78 is 10.6. The third kappa shape index (κ3) is 1.95. The van der Waals surface area contributed by atoms with Crippen molar-refractivity contribution in [1.82, 2.24) is 15.0 Å². The molecule has 1 aliphatic heterocycles. The maximum atomic E-state index is 5.99. The first-order valence-corrected chi connectivity index (χ1v) is 5.33. The number of nitrogens with two attached hydrogens (primary N) is 1. The van der Waals surface area contributed by atoms with Crippen LogP contribution in [-0.2, 0) is 16.7 Å². The van der Waals surface area contributed by atoms with E-state index < -0.39 is 0 Å². The van der Waals surface area contributed by atoms with Gasteiger partial charge in [0.05, 0.1) is 25.2 Å². The Hall–Kier alpha value is -0.980. The third-order valence-electron chi connectivity index (χ3n) is 2.93. The van der Waals surface area contributed by atoms with Crippen LogP contribution in [0.2, 0.25) is 0 Å². The fourth-order valence-corrected chi connectivity index (χ4v) is 1.74. The van der Waals surface area contributed by atoms with Crippen molar-refractivity contribution in [2.24, 2.45) is 5.73 Å². The molecule has 0 radical (unpaired) electrons. The van der Waals surface area contributed by atoms with E-state index in [1.54, 1.807) is 0 Å². The van der Waals surface area contributed by atoms with Crippen molar-refractivity contribution in [3.63, 3.8) is 0 Å². The molecular formula is C10H18N4O2. The molecule has 90 valence electrons. The van der Waals surface area contributed by atoms with Crippen LogP contribution in [0, 0.1) is 0 Å². The molecule has 0 amide bonds. The summed E-state index contributed by atoms with van der Waals surface area (Å²) in [5, 5.41) is 3.94. The number of hydrogen-bond donors (Lipinski definition) is 1. The van der Waals surface area contributed by atoms with Crippen molar-refractivity contribution in [2.75, 3.05) is 27.3 Å². The molecule has 0 aliphatic carbocycles. The highest BCUT2D eigenvalue weighted by Gasteiger charge is 2.44. The van der Waals surface area contributed by atoms with E-state index in [2.05, 4.69) is 10.1 Å². The van der Waals surface area contributed by atoms with Gasteiger partial charge in [-0.15, -0.1) is 0 Å². The molecule has 16 heavy (non-hydrogen) atoms. The number of rotatable bonds is 3. The van der Waals surface area contributed by atoms with E-state index in [1.165, 1.54) is 0 Å². The molecule has 2 N–H and O–H groups in total. The summed E-state index contributed by atoms with van der Waals surface area (Å²) in [7, 11) is 3.92. The SMILES string of the molecule is CN(C)Cc1noc(C2(C)COCC2N)n1. The van der Waals surface area contributed by atoms with Crippen LogP contribution in [0.4, 0.5) is 0 Å². The quantitative estimate of drug-likeness (QED) is 0.765. The molecule has 1 aliphatic rings. The zero-order valence-corrected chi connectivity index (χ0v) is 9.93. The normalized spacial score (nSPS) is 30.2. The Kier molecular flexibility index (Phi) is 2.96. The molecular weight excluding hydrogens is 208 g/mol. The monoisotopic (exact) mass is 226 g/mol. The van der Waals surface area contributed by atoms with Gasteiger partial charge in [-0.05, 0) is 21.0 Å². The minimum atomic E-state index is -0.350. The molecule has 6 heteroatoms. The highest BCUT2D eigenvalue weighted by atomic mass is 16.5. The average molecular weight is 226 g/mol. The fraction of sp³-hybridized carbons (Fsp3) is 0.800. The molecule has 1 saturated heterocycles. The smallest absolute Gasteiger partial charge is 0.236 e. The summed E-state index contributed by atoms with van der Waals surface area (Å²) >= 11 is 0. The van der Waals surface area contributed by atoms with Crippen LogP contribution < -0.4 is 5.73 Å². The predicted octanol–water partition coefficient (Wildman–Crippen LogP) is -0.254. The fourth-order valence-electron chi connectivity index (χ4n) is 1.74. The van der Waals surface area contributed by atoms with E-state index in [9.17, 15) is 0 Å². The van der Waals surface area contributed by atoms with Gasteiger partial charge in [0.15, 0.2) is 5.82 Å². The first-order valence-electron chi connectivity index (χ1n) is 5.33. The lowest BCUT2D eigenvalue weighted by Crippen LogP contribution is -2.42. The van der Waals surface area contributed by atoms with E-state index in [1.807, 2.05) is 25.9 Å². The molecule has 6 nitrogen and oxygen atoms in total. The molecule has 0 bridgehead atoms. The Bertz CT molecular complexity index is 365. The third-order valence-corrected chi connectivity index (χ3v) is 2.93. The number of aromatic nitrogens is 2. The lowest BCUT2D eigenvalue weighted by Gasteiger charge is -2.21. The minimum Gasteiger partial charge on any atom is -0.379 e. The van der Waals surface area contributed by atoms with Gasteiger partial charge >= 0.3 is 0 Å². The molecule has 2 heterocycles. The first-order chi connectivity index (χ1) is 7.52. The van der Waals surface area contributed by atoms with Crippen LogP contribution in [0.5, 0.6) is 0 Å². The lowest BCUT2D eigenvalue weighted by atomic mass is 9.86. The van der Waals surface area contributed by atoms with Crippen molar-refractivity contribution in [2.45, 2.75) is 24.9 Å². The van der Waals surface area contributed by atoms with Gasteiger partial charge in [-0.1, -0.05) is 5.16 Å². The Morgan fingerprint density at radius 3 is 2.88 bits per heavy atom. The van der Waals surface area contributed by atoms with Crippen molar-refractivity contribution in [3.8, 4) is 0 Å². The summed E-state index contributed by atoms with van der Waals surface area (Å²) in [5.74, 6) is 1.26. The standard InChI is InChI=1S/C10H18N4O2/c1-10(6-15-5-7(10)11)9-12-8(13-16-9)4-14(2)3/h7H,4-6,11H2,1-3H3. The minimum absolute atomic E-state index is 0.0832. The van der Waals surface area contributed by atoms with Crippen LogP contribution in [0.25, 0.3) is 0 Å². The predicted molar refractivity (Wildman–Crippen MR) is 57.8 cm³/mol. The zero-order valence-electron chi connectivity index (χ0n) is 9.93. The summed E-state index contributed by atoms with van der Waals surface area (Å²) in [4.78, 5) is 6.36. The van der Waals surface area contributed by atoms with E-state index in [0.717, 1.165) is 0 Å². The van der Waals surface area contributed by atoms with Crippen molar-refractivity contribution in [3.05, 3.63) is 11.7 Å². The van der Waals surface area contributed by atoms with Gasteiger partial charge in [0.2, 0.25) is 5.89 Å². The van der Waals surface area contributed by atoms with E-state index in [4.69, 9.17) is 15.0 Å². The van der Waals surface area contributed by atoms with Crippen molar-refractivity contribution < 1.29 is 9.26 Å². The highest BCUT2D eigenvalue weighted by Crippen LogP contribution is 2.30. The average Bonchev–Trinajstić information content (AvgIpc) is 2.75. The zero-order chi connectivity index (χ0) is 11.8. The summed E-state index contributed by atoms with van der Waals surface area (Å²) in [6, 6.07) is -0.0832. The topological polar surface area (TPSA) is 77.4 Å². The molecule has 0 saturated carbocycles. The van der Waals surface area contributed by atoms with Gasteiger partial charge in [-0.25, -0.2) is 0 Å². The lowest BCUT2D eigenvalue weighted by molar-refractivity contribution is 0.169. The molecule has 0 aromatic carbocycles. The van der Waals surface area contributed by atoms with Crippen LogP contribution in [-0.4, -0.2) is 48.4 Å². The summed E-state index contributed by atoms with van der Waals surface area (Å²) in [6.45, 7) is 3.74. The molecule has 2 rings (SSSR count). The second kappa shape index (κ2) is 4.12. The molecule has 1 aromatic rings. The number of ether oxygens (including phenoxy) is 1. The molecule has 0 spiro atoms. The first kappa shape index (κ1) is 11.5. The van der Waals surface area contributed by atoms with Gasteiger partial charge in [-0.3, -0.25) is 0 Å². The summed E-state index contributed by atoms with van der Waals surface area (Å²) in [6.07, 6.45) is 0. The number of nitrogens with zero attached hydrogens (tertiary/aromatic N) is 3. The molecule has 2 atom stereocenters. The molecule has 2 unspecified atom stereocenters. The van der Waals surface area contributed by atoms with E-state index >= 15 is 0 Å².